The molecule has 0 bridgehead atoms. The third-order valence-electron chi connectivity index (χ3n) is 4.81. The molecule has 1 fully saturated rings. The zero-order chi connectivity index (χ0) is 15.7. The Morgan fingerprint density at radius 1 is 1.10 bits per heavy atom. The van der Waals surface area contributed by atoms with Gasteiger partial charge in [-0.3, -0.25) is 10.6 Å². The lowest BCUT2D eigenvalue weighted by atomic mass is 9.83. The highest BCUT2D eigenvalue weighted by Gasteiger charge is 2.32. The summed E-state index contributed by atoms with van der Waals surface area (Å²) in [6, 6.07) is 0.567. The van der Waals surface area contributed by atoms with Crippen LogP contribution in [0.4, 0.5) is 0 Å². The lowest BCUT2D eigenvalue weighted by Gasteiger charge is -2.39. The summed E-state index contributed by atoms with van der Waals surface area (Å²) in [6.07, 6.45) is 11.2. The Labute approximate surface area is 131 Å². The molecule has 1 heterocycles. The van der Waals surface area contributed by atoms with E-state index in [9.17, 15) is 0 Å². The summed E-state index contributed by atoms with van der Waals surface area (Å²) in [5, 5.41) is 7.51. The van der Waals surface area contributed by atoms with E-state index in [1.54, 1.807) is 0 Å². The SMILES string of the molecule is CCCCC(C)(C)C1NC(N)CCCCC(CCCN)N1. The van der Waals surface area contributed by atoms with Crippen molar-refractivity contribution in [2.45, 2.75) is 96.9 Å². The van der Waals surface area contributed by atoms with E-state index in [4.69, 9.17) is 11.5 Å². The monoisotopic (exact) mass is 298 g/mol. The lowest BCUT2D eigenvalue weighted by Crippen LogP contribution is -2.59. The van der Waals surface area contributed by atoms with Crippen molar-refractivity contribution in [1.29, 1.82) is 0 Å². The molecule has 0 aliphatic carbocycles. The molecular formula is C17H38N4. The Morgan fingerprint density at radius 2 is 1.81 bits per heavy atom. The van der Waals surface area contributed by atoms with Gasteiger partial charge in [-0.15, -0.1) is 0 Å². The molecule has 4 heteroatoms. The molecule has 6 N–H and O–H groups in total. The Balaban J connectivity index is 2.72. The van der Waals surface area contributed by atoms with Gasteiger partial charge in [0.2, 0.25) is 0 Å². The van der Waals surface area contributed by atoms with Crippen LogP contribution in [0.5, 0.6) is 0 Å². The van der Waals surface area contributed by atoms with Crippen LogP contribution < -0.4 is 22.1 Å². The van der Waals surface area contributed by atoms with Crippen molar-refractivity contribution in [3.05, 3.63) is 0 Å². The highest BCUT2D eigenvalue weighted by atomic mass is 15.2. The van der Waals surface area contributed by atoms with Gasteiger partial charge in [-0.05, 0) is 44.1 Å². The average molecular weight is 299 g/mol. The number of nitrogens with one attached hydrogen (secondary N) is 2. The number of hydrogen-bond acceptors (Lipinski definition) is 4. The van der Waals surface area contributed by atoms with Crippen molar-refractivity contribution in [3.8, 4) is 0 Å². The Kier molecular flexibility index (Phi) is 8.79. The molecular weight excluding hydrogens is 260 g/mol. The van der Waals surface area contributed by atoms with Gasteiger partial charge in [-0.25, -0.2) is 0 Å². The fourth-order valence-electron chi connectivity index (χ4n) is 3.24. The predicted octanol–water partition coefficient (Wildman–Crippen LogP) is 2.67. The minimum Gasteiger partial charge on any atom is -0.330 e. The van der Waals surface area contributed by atoms with E-state index in [0.717, 1.165) is 19.4 Å². The van der Waals surface area contributed by atoms with Crippen molar-refractivity contribution in [3.63, 3.8) is 0 Å². The van der Waals surface area contributed by atoms with E-state index in [2.05, 4.69) is 31.4 Å². The first kappa shape index (κ1) is 18.9. The molecule has 0 aromatic heterocycles. The standard InChI is InChI=1S/C17H38N4/c1-4-5-12-17(2,3)16-20-14(10-8-13-18)9-6-7-11-15(19)21-16/h14-16,20-21H,4-13,18-19H2,1-3H3. The normalized spacial score (nSPS) is 28.7. The second-order valence-corrected chi connectivity index (χ2v) is 7.38. The summed E-state index contributed by atoms with van der Waals surface area (Å²) in [5.74, 6) is 0. The lowest BCUT2D eigenvalue weighted by molar-refractivity contribution is 0.153. The molecule has 1 aliphatic rings. The predicted molar refractivity (Wildman–Crippen MR) is 91.9 cm³/mol. The van der Waals surface area contributed by atoms with Crippen LogP contribution in [0, 0.1) is 5.41 Å². The fourth-order valence-corrected chi connectivity index (χ4v) is 3.24. The van der Waals surface area contributed by atoms with E-state index in [-0.39, 0.29) is 11.6 Å². The van der Waals surface area contributed by atoms with Gasteiger partial charge < -0.3 is 11.5 Å². The summed E-state index contributed by atoms with van der Waals surface area (Å²) in [4.78, 5) is 0. The molecule has 0 saturated carbocycles. The van der Waals surface area contributed by atoms with Gasteiger partial charge in [-0.2, -0.15) is 0 Å². The molecule has 0 amide bonds. The fraction of sp³-hybridized carbons (Fsp3) is 1.00. The highest BCUT2D eigenvalue weighted by Crippen LogP contribution is 2.28. The number of unbranched alkanes of at least 4 members (excludes halogenated alkanes) is 1. The maximum Gasteiger partial charge on any atom is 0.0638 e. The largest absolute Gasteiger partial charge is 0.330 e. The molecule has 1 aliphatic heterocycles. The molecule has 0 aromatic carbocycles. The van der Waals surface area contributed by atoms with E-state index in [0.29, 0.717) is 12.2 Å². The number of nitrogens with two attached hydrogens (primary N) is 2. The van der Waals surface area contributed by atoms with E-state index >= 15 is 0 Å². The van der Waals surface area contributed by atoms with Crippen LogP contribution in [0.3, 0.4) is 0 Å². The minimum absolute atomic E-state index is 0.108. The van der Waals surface area contributed by atoms with Crippen molar-refractivity contribution in [1.82, 2.24) is 10.6 Å². The summed E-state index contributed by atoms with van der Waals surface area (Å²) in [6.45, 7) is 7.76. The zero-order valence-electron chi connectivity index (χ0n) is 14.5. The second-order valence-electron chi connectivity index (χ2n) is 7.38. The summed E-state index contributed by atoms with van der Waals surface area (Å²) < 4.78 is 0. The van der Waals surface area contributed by atoms with Gasteiger partial charge in [0.25, 0.3) is 0 Å². The highest BCUT2D eigenvalue weighted by molar-refractivity contribution is 4.87. The van der Waals surface area contributed by atoms with Crippen LogP contribution >= 0.6 is 0 Å². The maximum atomic E-state index is 6.26. The summed E-state index contributed by atoms with van der Waals surface area (Å²) in [7, 11) is 0. The first-order valence-corrected chi connectivity index (χ1v) is 8.97. The third kappa shape index (κ3) is 7.09. The van der Waals surface area contributed by atoms with Gasteiger partial charge in [0.05, 0.1) is 12.3 Å². The molecule has 0 spiro atoms. The molecule has 4 nitrogen and oxygen atoms in total. The van der Waals surface area contributed by atoms with Crippen LogP contribution in [0.25, 0.3) is 0 Å². The molecule has 0 radical (unpaired) electrons. The first-order chi connectivity index (χ1) is 9.99. The Hall–Kier alpha value is -0.160. The first-order valence-electron chi connectivity index (χ1n) is 8.97. The van der Waals surface area contributed by atoms with Crippen molar-refractivity contribution >= 4 is 0 Å². The topological polar surface area (TPSA) is 76.1 Å². The zero-order valence-corrected chi connectivity index (χ0v) is 14.5. The number of hydrogen-bond donors (Lipinski definition) is 4. The average Bonchev–Trinajstić information content (AvgIpc) is 2.54. The molecule has 1 saturated heterocycles. The number of rotatable bonds is 7. The van der Waals surface area contributed by atoms with Gasteiger partial charge >= 0.3 is 0 Å². The molecule has 21 heavy (non-hydrogen) atoms. The molecule has 1 rings (SSSR count). The minimum atomic E-state index is 0.108. The molecule has 0 aromatic rings. The Morgan fingerprint density at radius 3 is 2.48 bits per heavy atom. The third-order valence-corrected chi connectivity index (χ3v) is 4.81. The van der Waals surface area contributed by atoms with Gasteiger partial charge in [0, 0.05) is 6.04 Å². The van der Waals surface area contributed by atoms with Gasteiger partial charge in [-0.1, -0.05) is 46.5 Å². The molecule has 3 atom stereocenters. The molecule has 126 valence electrons. The quantitative estimate of drug-likeness (QED) is 0.583. The van der Waals surface area contributed by atoms with Crippen LogP contribution in [-0.4, -0.2) is 24.9 Å². The van der Waals surface area contributed by atoms with Crippen molar-refractivity contribution in [2.24, 2.45) is 16.9 Å². The molecule has 3 unspecified atom stereocenters. The summed E-state index contributed by atoms with van der Waals surface area (Å²) >= 11 is 0. The Bertz CT molecular complexity index is 268. The smallest absolute Gasteiger partial charge is 0.0638 e. The van der Waals surface area contributed by atoms with Crippen LogP contribution in [0.2, 0.25) is 0 Å². The van der Waals surface area contributed by atoms with Crippen LogP contribution in [-0.2, 0) is 0 Å². The van der Waals surface area contributed by atoms with E-state index in [1.807, 2.05) is 0 Å². The van der Waals surface area contributed by atoms with Crippen molar-refractivity contribution in [2.75, 3.05) is 6.54 Å². The van der Waals surface area contributed by atoms with Gasteiger partial charge in [0.1, 0.15) is 0 Å². The van der Waals surface area contributed by atoms with E-state index < -0.39 is 0 Å². The van der Waals surface area contributed by atoms with Crippen LogP contribution in [0.15, 0.2) is 0 Å². The maximum absolute atomic E-state index is 6.26. The van der Waals surface area contributed by atoms with Gasteiger partial charge in [0.15, 0.2) is 0 Å². The summed E-state index contributed by atoms with van der Waals surface area (Å²) in [5.41, 5.74) is 12.2. The van der Waals surface area contributed by atoms with E-state index in [1.165, 1.54) is 44.9 Å². The second kappa shape index (κ2) is 9.78. The van der Waals surface area contributed by atoms with Crippen molar-refractivity contribution < 1.29 is 0 Å². The van der Waals surface area contributed by atoms with Crippen LogP contribution in [0.1, 0.15) is 78.6 Å².